The summed E-state index contributed by atoms with van der Waals surface area (Å²) in [5, 5.41) is 17.2. The number of rotatable bonds is 3. The minimum atomic E-state index is -1.69. The number of anilines is 1. The van der Waals surface area contributed by atoms with Crippen LogP contribution in [-0.2, 0) is 14.4 Å². The van der Waals surface area contributed by atoms with Gasteiger partial charge in [-0.1, -0.05) is 45.4 Å². The van der Waals surface area contributed by atoms with Crippen molar-refractivity contribution >= 4 is 23.5 Å². The summed E-state index contributed by atoms with van der Waals surface area (Å²) in [6.45, 7) is 9.14. The maximum atomic E-state index is 11.3. The molecule has 0 atom stereocenters. The number of aliphatic carboxylic acids is 2. The summed E-state index contributed by atoms with van der Waals surface area (Å²) in [6.07, 6.45) is 0. The maximum absolute atomic E-state index is 11.3. The lowest BCUT2D eigenvalue weighted by Gasteiger charge is -2.18. The molecular weight excluding hydrogens is 274 g/mol. The zero-order valence-corrected chi connectivity index (χ0v) is 13.1. The van der Waals surface area contributed by atoms with Crippen molar-refractivity contribution in [1.29, 1.82) is 0 Å². The molecule has 0 heterocycles. The van der Waals surface area contributed by atoms with Gasteiger partial charge in [-0.2, -0.15) is 0 Å². The number of aryl methyl sites for hydroxylation is 1. The van der Waals surface area contributed by atoms with Crippen LogP contribution in [0.25, 0.3) is 0 Å². The van der Waals surface area contributed by atoms with Gasteiger partial charge in [-0.25, -0.2) is 4.79 Å². The quantitative estimate of drug-likeness (QED) is 0.836. The number of carbonyl (C=O) groups is 3. The second kappa shape index (κ2) is 11.5. The second-order valence-electron chi connectivity index (χ2n) is 3.43. The highest BCUT2D eigenvalue weighted by atomic mass is 16.4. The number of carboxylic acids is 2. The third-order valence-electron chi connectivity index (χ3n) is 2.07. The van der Waals surface area contributed by atoms with E-state index in [0.717, 1.165) is 5.56 Å². The predicted molar refractivity (Wildman–Crippen MR) is 81.5 cm³/mol. The number of benzene rings is 1. The monoisotopic (exact) mass is 297 g/mol. The van der Waals surface area contributed by atoms with E-state index in [2.05, 4.69) is 0 Å². The number of hydrogen-bond donors (Lipinski definition) is 2. The largest absolute Gasteiger partial charge is 0.480 e. The molecule has 0 saturated heterocycles. The van der Waals surface area contributed by atoms with Gasteiger partial charge >= 0.3 is 17.8 Å². The summed E-state index contributed by atoms with van der Waals surface area (Å²) in [4.78, 5) is 33.2. The van der Waals surface area contributed by atoms with Crippen LogP contribution in [-0.4, -0.2) is 34.6 Å². The van der Waals surface area contributed by atoms with E-state index in [1.807, 2.05) is 34.6 Å². The second-order valence-corrected chi connectivity index (χ2v) is 3.43. The molecule has 0 saturated carbocycles. The van der Waals surface area contributed by atoms with E-state index in [-0.39, 0.29) is 5.69 Å². The fourth-order valence-electron chi connectivity index (χ4n) is 1.26. The van der Waals surface area contributed by atoms with Crippen LogP contribution in [0, 0.1) is 6.92 Å². The summed E-state index contributed by atoms with van der Waals surface area (Å²) in [6, 6.07) is 6.33. The van der Waals surface area contributed by atoms with E-state index in [4.69, 9.17) is 10.2 Å². The first-order valence-electron chi connectivity index (χ1n) is 6.75. The van der Waals surface area contributed by atoms with E-state index >= 15 is 0 Å². The molecule has 0 aliphatic carbocycles. The Bertz CT molecular complexity index is 454. The van der Waals surface area contributed by atoms with Crippen molar-refractivity contribution in [2.45, 2.75) is 34.6 Å². The number of hydrogen-bond acceptors (Lipinski definition) is 3. The predicted octanol–water partition coefficient (Wildman–Crippen LogP) is 2.55. The summed E-state index contributed by atoms with van der Waals surface area (Å²) < 4.78 is 0. The third kappa shape index (κ3) is 7.71. The maximum Gasteiger partial charge on any atom is 0.394 e. The minimum Gasteiger partial charge on any atom is -0.480 e. The Morgan fingerprint density at radius 1 is 0.952 bits per heavy atom. The van der Waals surface area contributed by atoms with Crippen LogP contribution in [0.1, 0.15) is 33.3 Å². The number of carboxylic acid groups (broad SMARTS) is 2. The molecule has 1 aromatic rings. The Morgan fingerprint density at radius 2 is 1.38 bits per heavy atom. The van der Waals surface area contributed by atoms with Crippen molar-refractivity contribution in [3.05, 3.63) is 29.8 Å². The van der Waals surface area contributed by atoms with Crippen molar-refractivity contribution in [2.75, 3.05) is 11.4 Å². The van der Waals surface area contributed by atoms with Crippen molar-refractivity contribution in [3.63, 3.8) is 0 Å². The zero-order valence-electron chi connectivity index (χ0n) is 13.1. The molecule has 6 heteroatoms. The lowest BCUT2D eigenvalue weighted by molar-refractivity contribution is -0.149. The Labute approximate surface area is 125 Å². The molecule has 6 nitrogen and oxygen atoms in total. The van der Waals surface area contributed by atoms with Gasteiger partial charge < -0.3 is 10.2 Å². The Kier molecular flexibility index (Phi) is 11.4. The van der Waals surface area contributed by atoms with Crippen LogP contribution in [0.2, 0.25) is 0 Å². The molecule has 1 amide bonds. The van der Waals surface area contributed by atoms with Crippen LogP contribution >= 0.6 is 0 Å². The van der Waals surface area contributed by atoms with Gasteiger partial charge in [0.1, 0.15) is 6.54 Å². The molecule has 0 unspecified atom stereocenters. The molecular formula is C15H23NO5. The van der Waals surface area contributed by atoms with Gasteiger partial charge in [-0.05, 0) is 19.1 Å². The lowest BCUT2D eigenvalue weighted by Crippen LogP contribution is -2.40. The molecule has 1 rings (SSSR count). The SMILES string of the molecule is CC.CC.Cc1ccc(N(CC(=O)O)C(=O)C(=O)O)cc1. The molecule has 0 spiro atoms. The molecule has 0 fully saturated rings. The van der Waals surface area contributed by atoms with Gasteiger partial charge in [0.05, 0.1) is 0 Å². The third-order valence-corrected chi connectivity index (χ3v) is 2.07. The minimum absolute atomic E-state index is 0.241. The summed E-state index contributed by atoms with van der Waals surface area (Å²) in [5.41, 5.74) is 1.16. The normalized spacial score (nSPS) is 8.43. The van der Waals surface area contributed by atoms with Gasteiger partial charge in [0.25, 0.3) is 0 Å². The molecule has 118 valence electrons. The first kappa shape index (κ1) is 20.9. The van der Waals surface area contributed by atoms with Gasteiger partial charge in [0.2, 0.25) is 0 Å². The summed E-state index contributed by atoms with van der Waals surface area (Å²) >= 11 is 0. The fraction of sp³-hybridized carbons (Fsp3) is 0.400. The van der Waals surface area contributed by atoms with E-state index in [1.165, 1.54) is 12.1 Å². The van der Waals surface area contributed by atoms with Crippen molar-refractivity contribution in [1.82, 2.24) is 0 Å². The van der Waals surface area contributed by atoms with E-state index in [9.17, 15) is 14.4 Å². The smallest absolute Gasteiger partial charge is 0.394 e. The molecule has 0 aliphatic rings. The van der Waals surface area contributed by atoms with Crippen molar-refractivity contribution in [2.24, 2.45) is 0 Å². The average Bonchev–Trinajstić information content (AvgIpc) is 2.49. The standard InChI is InChI=1S/C11H11NO5.2C2H6/c1-7-2-4-8(5-3-7)12(6-9(13)14)10(15)11(16)17;2*1-2/h2-5H,6H2,1H3,(H,13,14)(H,16,17);2*1-2H3. The van der Waals surface area contributed by atoms with Crippen LogP contribution in [0.5, 0.6) is 0 Å². The average molecular weight is 297 g/mol. The van der Waals surface area contributed by atoms with Crippen LogP contribution in [0.4, 0.5) is 5.69 Å². The number of carbonyl (C=O) groups excluding carboxylic acids is 1. The first-order valence-corrected chi connectivity index (χ1v) is 6.75. The molecule has 1 aromatic carbocycles. The van der Waals surface area contributed by atoms with Crippen molar-refractivity contribution in [3.8, 4) is 0 Å². The molecule has 0 aromatic heterocycles. The molecule has 0 radical (unpaired) electrons. The molecule has 0 bridgehead atoms. The first-order chi connectivity index (χ1) is 9.91. The zero-order chi connectivity index (χ0) is 17.0. The summed E-state index contributed by atoms with van der Waals surface area (Å²) in [7, 11) is 0. The Hall–Kier alpha value is -2.37. The fourth-order valence-corrected chi connectivity index (χ4v) is 1.26. The Morgan fingerprint density at radius 3 is 1.71 bits per heavy atom. The van der Waals surface area contributed by atoms with Gasteiger partial charge in [0, 0.05) is 5.69 Å². The topological polar surface area (TPSA) is 94.9 Å². The van der Waals surface area contributed by atoms with E-state index in [0.29, 0.717) is 4.90 Å². The number of nitrogens with zero attached hydrogens (tertiary/aromatic N) is 1. The molecule has 2 N–H and O–H groups in total. The van der Waals surface area contributed by atoms with E-state index < -0.39 is 24.4 Å². The van der Waals surface area contributed by atoms with Gasteiger partial charge in [0.15, 0.2) is 0 Å². The van der Waals surface area contributed by atoms with Gasteiger partial charge in [-0.3, -0.25) is 14.5 Å². The number of amides is 1. The summed E-state index contributed by atoms with van der Waals surface area (Å²) in [5.74, 6) is -4.23. The highest BCUT2D eigenvalue weighted by molar-refractivity contribution is 6.37. The van der Waals surface area contributed by atoms with Crippen LogP contribution in [0.15, 0.2) is 24.3 Å². The molecule has 21 heavy (non-hydrogen) atoms. The highest BCUT2D eigenvalue weighted by Gasteiger charge is 2.24. The van der Waals surface area contributed by atoms with Crippen molar-refractivity contribution < 1.29 is 24.6 Å². The van der Waals surface area contributed by atoms with Gasteiger partial charge in [-0.15, -0.1) is 0 Å². The van der Waals surface area contributed by atoms with Crippen LogP contribution < -0.4 is 4.90 Å². The highest BCUT2D eigenvalue weighted by Crippen LogP contribution is 2.15. The van der Waals surface area contributed by atoms with E-state index in [1.54, 1.807) is 12.1 Å². The van der Waals surface area contributed by atoms with Crippen LogP contribution in [0.3, 0.4) is 0 Å². The molecule has 0 aliphatic heterocycles. The lowest BCUT2D eigenvalue weighted by atomic mass is 10.2. The Balaban J connectivity index is 0.